The van der Waals surface area contributed by atoms with Gasteiger partial charge in [-0.05, 0) is 32.4 Å². The van der Waals surface area contributed by atoms with E-state index in [0.29, 0.717) is 17.6 Å². The predicted molar refractivity (Wildman–Crippen MR) is 98.6 cm³/mol. The molecule has 134 valence electrons. The maximum atomic E-state index is 5.43. The summed E-state index contributed by atoms with van der Waals surface area (Å²) in [5.74, 6) is 2.68. The molecule has 3 heterocycles. The Labute approximate surface area is 153 Å². The highest BCUT2D eigenvalue weighted by Gasteiger charge is 2.23. The lowest BCUT2D eigenvalue weighted by molar-refractivity contribution is 0.202. The number of likely N-dealkylation sites (tertiary alicyclic amines) is 1. The molecule has 26 heavy (non-hydrogen) atoms. The molecular weight excluding hydrogens is 326 g/mol. The van der Waals surface area contributed by atoms with Crippen LogP contribution in [0.4, 0.5) is 0 Å². The zero-order valence-electron chi connectivity index (χ0n) is 15.0. The van der Waals surface area contributed by atoms with Gasteiger partial charge in [-0.15, -0.1) is 0 Å². The summed E-state index contributed by atoms with van der Waals surface area (Å²) >= 11 is 0. The lowest BCUT2D eigenvalue weighted by atomic mass is 9.94. The van der Waals surface area contributed by atoms with Crippen LogP contribution in [-0.4, -0.2) is 44.6 Å². The molecule has 0 amide bonds. The van der Waals surface area contributed by atoms with Crippen molar-refractivity contribution >= 4 is 0 Å². The largest absolute Gasteiger partial charge is 0.339 e. The van der Waals surface area contributed by atoms with Crippen LogP contribution in [0.2, 0.25) is 0 Å². The molecule has 0 radical (unpaired) electrons. The Kier molecular flexibility index (Phi) is 5.02. The average molecular weight is 349 g/mol. The van der Waals surface area contributed by atoms with E-state index in [4.69, 9.17) is 4.52 Å². The van der Waals surface area contributed by atoms with Gasteiger partial charge < -0.3 is 9.42 Å². The van der Waals surface area contributed by atoms with Gasteiger partial charge in [0.1, 0.15) is 5.82 Å². The molecule has 0 bridgehead atoms. The summed E-state index contributed by atoms with van der Waals surface area (Å²) in [5.41, 5.74) is 2.14. The molecule has 6 heteroatoms. The molecule has 1 atom stereocenters. The minimum absolute atomic E-state index is 0.480. The maximum absolute atomic E-state index is 5.43. The fraction of sp³-hybridized carbons (Fsp3) is 0.400. The number of hydrogen-bond acceptors (Lipinski definition) is 6. The maximum Gasteiger partial charge on any atom is 0.228 e. The Balaban J connectivity index is 1.35. The number of aryl methyl sites for hydroxylation is 1. The van der Waals surface area contributed by atoms with E-state index in [1.54, 1.807) is 0 Å². The average Bonchev–Trinajstić information content (AvgIpc) is 3.16. The Morgan fingerprint density at radius 3 is 2.88 bits per heavy atom. The third-order valence-electron chi connectivity index (χ3n) is 4.86. The number of rotatable bonds is 5. The fourth-order valence-electron chi connectivity index (χ4n) is 3.52. The molecule has 1 unspecified atom stereocenters. The molecular formula is C20H23N5O. The topological polar surface area (TPSA) is 67.9 Å². The van der Waals surface area contributed by atoms with Crippen LogP contribution < -0.4 is 0 Å². The van der Waals surface area contributed by atoms with Crippen molar-refractivity contribution in [1.82, 2.24) is 25.0 Å². The van der Waals surface area contributed by atoms with Gasteiger partial charge in [0.25, 0.3) is 0 Å². The standard InChI is InChI=1S/C20H23N5O/c1-15-21-11-9-18(22-15)17-8-5-12-25(14-17)13-10-19-23-20(24-26-19)16-6-3-2-4-7-16/h2-4,6-7,9,11,17H,5,8,10,12-14H2,1H3. The monoisotopic (exact) mass is 349 g/mol. The molecule has 1 fully saturated rings. The van der Waals surface area contributed by atoms with Crippen molar-refractivity contribution in [1.29, 1.82) is 0 Å². The van der Waals surface area contributed by atoms with Gasteiger partial charge in [-0.3, -0.25) is 0 Å². The molecule has 6 nitrogen and oxygen atoms in total. The number of nitrogens with zero attached hydrogens (tertiary/aromatic N) is 5. The lowest BCUT2D eigenvalue weighted by Gasteiger charge is -2.32. The Morgan fingerprint density at radius 2 is 2.04 bits per heavy atom. The van der Waals surface area contributed by atoms with Crippen molar-refractivity contribution < 1.29 is 4.52 Å². The van der Waals surface area contributed by atoms with E-state index in [9.17, 15) is 0 Å². The molecule has 0 saturated carbocycles. The quantitative estimate of drug-likeness (QED) is 0.704. The minimum Gasteiger partial charge on any atom is -0.339 e. The van der Waals surface area contributed by atoms with Gasteiger partial charge in [0.15, 0.2) is 0 Å². The fourth-order valence-corrected chi connectivity index (χ4v) is 3.52. The van der Waals surface area contributed by atoms with Gasteiger partial charge in [0.05, 0.1) is 0 Å². The first-order chi connectivity index (χ1) is 12.8. The third kappa shape index (κ3) is 3.96. The van der Waals surface area contributed by atoms with Gasteiger partial charge in [-0.25, -0.2) is 9.97 Å². The van der Waals surface area contributed by atoms with Crippen LogP contribution in [0.15, 0.2) is 47.1 Å². The first kappa shape index (κ1) is 16.8. The first-order valence-electron chi connectivity index (χ1n) is 9.18. The van der Waals surface area contributed by atoms with Gasteiger partial charge in [-0.1, -0.05) is 35.5 Å². The van der Waals surface area contributed by atoms with Crippen LogP contribution in [0.5, 0.6) is 0 Å². The zero-order chi connectivity index (χ0) is 17.8. The number of benzene rings is 1. The van der Waals surface area contributed by atoms with E-state index in [1.165, 1.54) is 12.8 Å². The van der Waals surface area contributed by atoms with Gasteiger partial charge >= 0.3 is 0 Å². The summed E-state index contributed by atoms with van der Waals surface area (Å²) in [4.78, 5) is 15.8. The molecule has 1 saturated heterocycles. The van der Waals surface area contributed by atoms with Crippen molar-refractivity contribution in [2.24, 2.45) is 0 Å². The van der Waals surface area contributed by atoms with Crippen molar-refractivity contribution in [2.45, 2.75) is 32.1 Å². The number of aromatic nitrogens is 4. The predicted octanol–water partition coefficient (Wildman–Crippen LogP) is 3.26. The second kappa shape index (κ2) is 7.74. The van der Waals surface area contributed by atoms with Crippen LogP contribution in [0, 0.1) is 6.92 Å². The highest BCUT2D eigenvalue weighted by Crippen LogP contribution is 2.25. The lowest BCUT2D eigenvalue weighted by Crippen LogP contribution is -2.36. The van der Waals surface area contributed by atoms with Crippen LogP contribution in [-0.2, 0) is 6.42 Å². The van der Waals surface area contributed by atoms with E-state index in [1.807, 2.05) is 49.5 Å². The minimum atomic E-state index is 0.480. The van der Waals surface area contributed by atoms with Crippen molar-refractivity contribution in [2.75, 3.05) is 19.6 Å². The molecule has 1 aliphatic rings. The Morgan fingerprint density at radius 1 is 1.15 bits per heavy atom. The summed E-state index contributed by atoms with van der Waals surface area (Å²) in [6.07, 6.45) is 5.01. The van der Waals surface area contributed by atoms with E-state index in [-0.39, 0.29) is 0 Å². The van der Waals surface area contributed by atoms with Gasteiger partial charge in [-0.2, -0.15) is 4.98 Å². The zero-order valence-corrected chi connectivity index (χ0v) is 15.0. The molecule has 1 aliphatic heterocycles. The summed E-state index contributed by atoms with van der Waals surface area (Å²) in [5, 5.41) is 4.10. The summed E-state index contributed by atoms with van der Waals surface area (Å²) < 4.78 is 5.43. The highest BCUT2D eigenvalue weighted by atomic mass is 16.5. The van der Waals surface area contributed by atoms with E-state index in [0.717, 1.165) is 43.1 Å². The smallest absolute Gasteiger partial charge is 0.228 e. The van der Waals surface area contributed by atoms with Crippen molar-refractivity contribution in [3.05, 3.63) is 60.0 Å². The Hall–Kier alpha value is -2.60. The van der Waals surface area contributed by atoms with Crippen LogP contribution in [0.3, 0.4) is 0 Å². The van der Waals surface area contributed by atoms with E-state index < -0.39 is 0 Å². The second-order valence-electron chi connectivity index (χ2n) is 6.80. The van der Waals surface area contributed by atoms with Crippen molar-refractivity contribution in [3.8, 4) is 11.4 Å². The molecule has 0 aliphatic carbocycles. The van der Waals surface area contributed by atoms with Gasteiger partial charge in [0.2, 0.25) is 11.7 Å². The van der Waals surface area contributed by atoms with Crippen molar-refractivity contribution in [3.63, 3.8) is 0 Å². The summed E-state index contributed by atoms with van der Waals surface area (Å²) in [6, 6.07) is 12.0. The highest BCUT2D eigenvalue weighted by molar-refractivity contribution is 5.53. The Bertz CT molecular complexity index is 848. The molecule has 1 aromatic carbocycles. The van der Waals surface area contributed by atoms with E-state index in [2.05, 4.69) is 25.0 Å². The molecule has 0 spiro atoms. The summed E-state index contributed by atoms with van der Waals surface area (Å²) in [7, 11) is 0. The normalized spacial score (nSPS) is 18.1. The summed E-state index contributed by atoms with van der Waals surface area (Å²) in [6.45, 7) is 5.01. The number of piperidine rings is 1. The first-order valence-corrected chi connectivity index (χ1v) is 9.18. The molecule has 3 aromatic rings. The van der Waals surface area contributed by atoms with Gasteiger partial charge in [0, 0.05) is 42.9 Å². The number of hydrogen-bond donors (Lipinski definition) is 0. The van der Waals surface area contributed by atoms with Crippen LogP contribution in [0.1, 0.15) is 36.2 Å². The molecule has 0 N–H and O–H groups in total. The third-order valence-corrected chi connectivity index (χ3v) is 4.86. The van der Waals surface area contributed by atoms with Crippen LogP contribution >= 0.6 is 0 Å². The van der Waals surface area contributed by atoms with E-state index >= 15 is 0 Å². The second-order valence-corrected chi connectivity index (χ2v) is 6.80. The molecule has 4 rings (SSSR count). The molecule has 2 aromatic heterocycles. The SMILES string of the molecule is Cc1nccc(C2CCCN(CCc3nc(-c4ccccc4)no3)C2)n1. The van der Waals surface area contributed by atoms with Crippen LogP contribution in [0.25, 0.3) is 11.4 Å².